The molecule has 0 N–H and O–H groups in total. The molecule has 0 radical (unpaired) electrons. The van der Waals surface area contributed by atoms with Crippen molar-refractivity contribution in [3.63, 3.8) is 0 Å². The maximum atomic E-state index is 11.2. The number of nitriles is 1. The minimum Gasteiger partial charge on any atom is -0.273 e. The molecule has 0 saturated carbocycles. The molecule has 4 nitrogen and oxygen atoms in total. The van der Waals surface area contributed by atoms with E-state index in [9.17, 15) is 4.79 Å². The lowest BCUT2D eigenvalue weighted by Crippen LogP contribution is -2.31. The third-order valence-electron chi connectivity index (χ3n) is 1.72. The summed E-state index contributed by atoms with van der Waals surface area (Å²) in [5.74, 6) is 0.0239. The summed E-state index contributed by atoms with van der Waals surface area (Å²) in [6.45, 7) is 2.32. The van der Waals surface area contributed by atoms with Crippen LogP contribution < -0.4 is 0 Å². The summed E-state index contributed by atoms with van der Waals surface area (Å²) < 4.78 is 0. The highest BCUT2D eigenvalue weighted by atomic mass is 16.2. The van der Waals surface area contributed by atoms with E-state index in [1.165, 1.54) is 5.01 Å². The summed E-state index contributed by atoms with van der Waals surface area (Å²) in [4.78, 5) is 11.2. The molecule has 0 atom stereocenters. The van der Waals surface area contributed by atoms with E-state index >= 15 is 0 Å². The van der Waals surface area contributed by atoms with Crippen LogP contribution in [0.4, 0.5) is 0 Å². The van der Waals surface area contributed by atoms with Crippen LogP contribution in [0.1, 0.15) is 26.2 Å². The predicted octanol–water partition coefficient (Wildman–Crippen LogP) is 0.898. The van der Waals surface area contributed by atoms with Crippen molar-refractivity contribution in [2.24, 2.45) is 5.10 Å². The molecule has 0 unspecified atom stereocenters. The Hall–Kier alpha value is -1.37. The molecule has 1 aliphatic rings. The molecule has 1 rings (SSSR count). The van der Waals surface area contributed by atoms with Gasteiger partial charge in [0.05, 0.1) is 19.0 Å². The van der Waals surface area contributed by atoms with Crippen molar-refractivity contribution in [2.45, 2.75) is 26.2 Å². The van der Waals surface area contributed by atoms with E-state index in [2.05, 4.69) is 5.10 Å². The Bertz CT molecular complexity index is 252. The second kappa shape index (κ2) is 3.86. The lowest BCUT2D eigenvalue weighted by atomic mass is 10.2. The zero-order chi connectivity index (χ0) is 8.97. The fraction of sp³-hybridized carbons (Fsp3) is 0.625. The molecule has 0 saturated heterocycles. The smallest absolute Gasteiger partial charge is 0.243 e. The zero-order valence-corrected chi connectivity index (χ0v) is 7.08. The molecule has 0 aliphatic carbocycles. The van der Waals surface area contributed by atoms with Gasteiger partial charge in [-0.1, -0.05) is 0 Å². The zero-order valence-electron chi connectivity index (χ0n) is 7.08. The fourth-order valence-corrected chi connectivity index (χ4v) is 1.06. The highest BCUT2D eigenvalue weighted by Crippen LogP contribution is 2.08. The van der Waals surface area contributed by atoms with Crippen LogP contribution in [0.5, 0.6) is 0 Å². The number of hydrogen-bond donors (Lipinski definition) is 0. The molecule has 0 fully saturated rings. The number of carbonyl (C=O) groups excluding carboxylic acids is 1. The van der Waals surface area contributed by atoms with E-state index in [4.69, 9.17) is 5.26 Å². The second-order valence-corrected chi connectivity index (χ2v) is 2.76. The third kappa shape index (κ3) is 2.06. The summed E-state index contributed by atoms with van der Waals surface area (Å²) >= 11 is 0. The summed E-state index contributed by atoms with van der Waals surface area (Å²) in [7, 11) is 0. The molecule has 0 aromatic carbocycles. The van der Waals surface area contributed by atoms with Crippen LogP contribution in [0, 0.1) is 11.3 Å². The number of hydrazone groups is 1. The Kier molecular flexibility index (Phi) is 2.81. The van der Waals surface area contributed by atoms with Crippen molar-refractivity contribution < 1.29 is 4.79 Å². The van der Waals surface area contributed by atoms with Crippen molar-refractivity contribution in [1.29, 1.82) is 5.26 Å². The number of amides is 1. The van der Waals surface area contributed by atoms with Gasteiger partial charge in [0, 0.05) is 12.1 Å². The quantitative estimate of drug-likeness (QED) is 0.610. The van der Waals surface area contributed by atoms with Gasteiger partial charge in [0.15, 0.2) is 0 Å². The van der Waals surface area contributed by atoms with Crippen LogP contribution in [0.15, 0.2) is 5.10 Å². The molecule has 1 amide bonds. The van der Waals surface area contributed by atoms with Gasteiger partial charge in [-0.2, -0.15) is 10.4 Å². The van der Waals surface area contributed by atoms with Crippen LogP contribution in [-0.2, 0) is 4.79 Å². The van der Waals surface area contributed by atoms with Crippen molar-refractivity contribution in [3.05, 3.63) is 0 Å². The average molecular weight is 165 g/mol. The summed E-state index contributed by atoms with van der Waals surface area (Å²) in [5.41, 5.74) is 0.965. The molecule has 0 aromatic rings. The maximum Gasteiger partial charge on any atom is 0.243 e. The molecule has 0 spiro atoms. The lowest BCUT2D eigenvalue weighted by molar-refractivity contribution is -0.131. The molecule has 1 heterocycles. The Morgan fingerprint density at radius 1 is 1.67 bits per heavy atom. The molecule has 0 aromatic heterocycles. The van der Waals surface area contributed by atoms with Gasteiger partial charge in [0.25, 0.3) is 0 Å². The Balaban J connectivity index is 2.55. The van der Waals surface area contributed by atoms with Crippen molar-refractivity contribution in [1.82, 2.24) is 5.01 Å². The first kappa shape index (κ1) is 8.72. The van der Waals surface area contributed by atoms with Gasteiger partial charge in [0.1, 0.15) is 0 Å². The molecule has 4 heteroatoms. The van der Waals surface area contributed by atoms with Gasteiger partial charge in [0.2, 0.25) is 5.91 Å². The number of rotatable bonds is 2. The molecule has 12 heavy (non-hydrogen) atoms. The van der Waals surface area contributed by atoms with E-state index in [1.807, 2.05) is 13.0 Å². The molecular weight excluding hydrogens is 154 g/mol. The van der Waals surface area contributed by atoms with Gasteiger partial charge in [-0.25, -0.2) is 5.01 Å². The standard InChI is InChI=1S/C8H11N3O/c1-7-3-4-8(12)11(10-7)6-2-5-9/h2-4,6H2,1H3. The Labute approximate surface area is 71.5 Å². The minimum atomic E-state index is 0.0239. The Morgan fingerprint density at radius 3 is 3.08 bits per heavy atom. The monoisotopic (exact) mass is 165 g/mol. The summed E-state index contributed by atoms with van der Waals surface area (Å²) in [5, 5.41) is 13.8. The SMILES string of the molecule is CC1=NN(CCC#N)C(=O)CC1. The minimum absolute atomic E-state index is 0.0239. The van der Waals surface area contributed by atoms with Gasteiger partial charge >= 0.3 is 0 Å². The average Bonchev–Trinajstić information content (AvgIpc) is 2.07. The van der Waals surface area contributed by atoms with Gasteiger partial charge in [-0.3, -0.25) is 4.79 Å². The first-order valence-electron chi connectivity index (χ1n) is 3.95. The van der Waals surface area contributed by atoms with E-state index in [1.54, 1.807) is 0 Å². The van der Waals surface area contributed by atoms with Gasteiger partial charge < -0.3 is 0 Å². The summed E-state index contributed by atoms with van der Waals surface area (Å²) in [6.07, 6.45) is 1.63. The van der Waals surface area contributed by atoms with Crippen molar-refractivity contribution in [3.8, 4) is 6.07 Å². The lowest BCUT2D eigenvalue weighted by Gasteiger charge is -2.20. The third-order valence-corrected chi connectivity index (χ3v) is 1.72. The largest absolute Gasteiger partial charge is 0.273 e. The number of hydrogen-bond acceptors (Lipinski definition) is 3. The van der Waals surface area contributed by atoms with E-state index in [0.717, 1.165) is 12.1 Å². The van der Waals surface area contributed by atoms with Crippen LogP contribution >= 0.6 is 0 Å². The normalized spacial score (nSPS) is 17.2. The summed E-state index contributed by atoms with van der Waals surface area (Å²) in [6, 6.07) is 1.99. The van der Waals surface area contributed by atoms with E-state index in [-0.39, 0.29) is 5.91 Å². The van der Waals surface area contributed by atoms with Gasteiger partial charge in [-0.05, 0) is 13.3 Å². The topological polar surface area (TPSA) is 56.5 Å². The van der Waals surface area contributed by atoms with Crippen LogP contribution in [0.25, 0.3) is 0 Å². The van der Waals surface area contributed by atoms with Crippen molar-refractivity contribution in [2.75, 3.05) is 6.54 Å². The Morgan fingerprint density at radius 2 is 2.42 bits per heavy atom. The number of nitrogens with zero attached hydrogens (tertiary/aromatic N) is 3. The maximum absolute atomic E-state index is 11.2. The second-order valence-electron chi connectivity index (χ2n) is 2.76. The number of carbonyl (C=O) groups is 1. The van der Waals surface area contributed by atoms with Crippen LogP contribution in [-0.4, -0.2) is 23.2 Å². The van der Waals surface area contributed by atoms with E-state index < -0.39 is 0 Å². The van der Waals surface area contributed by atoms with Crippen molar-refractivity contribution >= 4 is 11.6 Å². The highest BCUT2D eigenvalue weighted by molar-refractivity contribution is 5.91. The van der Waals surface area contributed by atoms with Crippen LogP contribution in [0.3, 0.4) is 0 Å². The molecule has 64 valence electrons. The van der Waals surface area contributed by atoms with Crippen LogP contribution in [0.2, 0.25) is 0 Å². The first-order chi connectivity index (χ1) is 5.74. The molecule has 1 aliphatic heterocycles. The highest BCUT2D eigenvalue weighted by Gasteiger charge is 2.17. The molecular formula is C8H11N3O. The first-order valence-corrected chi connectivity index (χ1v) is 3.95. The van der Waals surface area contributed by atoms with Gasteiger partial charge in [-0.15, -0.1) is 0 Å². The van der Waals surface area contributed by atoms with E-state index in [0.29, 0.717) is 19.4 Å². The molecule has 0 bridgehead atoms. The fourth-order valence-electron chi connectivity index (χ4n) is 1.06. The predicted molar refractivity (Wildman–Crippen MR) is 44.3 cm³/mol.